The Labute approximate surface area is 111 Å². The lowest BCUT2D eigenvalue weighted by molar-refractivity contribution is -0.383. The number of unbranched alkanes of at least 4 members (excludes halogenated alkanes) is 1. The smallest absolute Gasteiger partial charge is 0.293 e. The van der Waals surface area contributed by atoms with E-state index >= 15 is 0 Å². The fourth-order valence-electron chi connectivity index (χ4n) is 2.09. The summed E-state index contributed by atoms with van der Waals surface area (Å²) in [5.41, 5.74) is 0.822. The maximum Gasteiger partial charge on any atom is 0.293 e. The lowest BCUT2D eigenvalue weighted by Crippen LogP contribution is -2.06. The number of nitro benzene ring substituents is 1. The Bertz CT molecular complexity index is 563. The molecule has 5 nitrogen and oxygen atoms in total. The van der Waals surface area contributed by atoms with E-state index in [0.29, 0.717) is 18.7 Å². The summed E-state index contributed by atoms with van der Waals surface area (Å²) < 4.78 is 7.39. The van der Waals surface area contributed by atoms with E-state index in [1.165, 1.54) is 6.07 Å². The minimum Gasteiger partial charge on any atom is -0.380 e. The van der Waals surface area contributed by atoms with Crippen LogP contribution < -0.4 is 0 Å². The average Bonchev–Trinajstić information content (AvgIpc) is 2.81. The molecule has 0 aliphatic carbocycles. The molecular formula is C14H18N2O3. The topological polar surface area (TPSA) is 57.3 Å². The van der Waals surface area contributed by atoms with Crippen LogP contribution in [0.15, 0.2) is 30.5 Å². The van der Waals surface area contributed by atoms with Crippen molar-refractivity contribution in [2.75, 3.05) is 13.2 Å². The molecular weight excluding hydrogens is 244 g/mol. The average molecular weight is 262 g/mol. The van der Waals surface area contributed by atoms with E-state index in [1.54, 1.807) is 6.07 Å². The first-order valence-electron chi connectivity index (χ1n) is 6.54. The summed E-state index contributed by atoms with van der Waals surface area (Å²) in [5, 5.41) is 11.9. The number of nitro groups is 1. The number of hydrogen-bond donors (Lipinski definition) is 0. The summed E-state index contributed by atoms with van der Waals surface area (Å²) in [6.07, 6.45) is 4.03. The predicted molar refractivity (Wildman–Crippen MR) is 74.3 cm³/mol. The second-order valence-electron chi connectivity index (χ2n) is 4.45. The molecule has 0 fully saturated rings. The molecule has 1 aromatic heterocycles. The van der Waals surface area contributed by atoms with E-state index in [4.69, 9.17) is 4.74 Å². The molecule has 0 spiro atoms. The summed E-state index contributed by atoms with van der Waals surface area (Å²) >= 11 is 0. The third-order valence-corrected chi connectivity index (χ3v) is 3.08. The Balaban J connectivity index is 2.12. The van der Waals surface area contributed by atoms with Crippen molar-refractivity contribution in [1.82, 2.24) is 4.57 Å². The molecule has 1 heterocycles. The Hall–Kier alpha value is -1.88. The van der Waals surface area contributed by atoms with E-state index in [1.807, 2.05) is 22.9 Å². The molecule has 0 saturated carbocycles. The fourth-order valence-corrected chi connectivity index (χ4v) is 2.09. The number of aromatic nitrogens is 1. The summed E-state index contributed by atoms with van der Waals surface area (Å²) in [6, 6.07) is 7.03. The van der Waals surface area contributed by atoms with Gasteiger partial charge in [-0.2, -0.15) is 0 Å². The van der Waals surface area contributed by atoms with Gasteiger partial charge in [-0.05, 0) is 12.5 Å². The molecule has 0 aliphatic rings. The van der Waals surface area contributed by atoms with Gasteiger partial charge in [0.1, 0.15) is 5.52 Å². The molecule has 0 unspecified atom stereocenters. The largest absolute Gasteiger partial charge is 0.380 e. The zero-order valence-electron chi connectivity index (χ0n) is 11.0. The summed E-state index contributed by atoms with van der Waals surface area (Å²) in [6.45, 7) is 4.08. The highest BCUT2D eigenvalue weighted by molar-refractivity contribution is 5.88. The van der Waals surface area contributed by atoms with Crippen molar-refractivity contribution in [3.05, 3.63) is 40.6 Å². The Morgan fingerprint density at radius 3 is 2.89 bits per heavy atom. The molecule has 5 heteroatoms. The molecule has 1 aromatic carbocycles. The minimum atomic E-state index is -0.337. The van der Waals surface area contributed by atoms with E-state index < -0.39 is 0 Å². The first-order chi connectivity index (χ1) is 9.24. The number of hydrogen-bond acceptors (Lipinski definition) is 3. The lowest BCUT2D eigenvalue weighted by atomic mass is 10.2. The zero-order valence-corrected chi connectivity index (χ0v) is 11.0. The van der Waals surface area contributed by atoms with Gasteiger partial charge in [-0.3, -0.25) is 10.1 Å². The lowest BCUT2D eigenvalue weighted by Gasteiger charge is -2.06. The van der Waals surface area contributed by atoms with Crippen LogP contribution in [0, 0.1) is 10.1 Å². The van der Waals surface area contributed by atoms with E-state index in [-0.39, 0.29) is 10.6 Å². The molecule has 0 N–H and O–H groups in total. The molecule has 0 radical (unpaired) electrons. The van der Waals surface area contributed by atoms with Crippen LogP contribution in [0.3, 0.4) is 0 Å². The molecule has 2 aromatic rings. The Morgan fingerprint density at radius 1 is 1.32 bits per heavy atom. The second kappa shape index (κ2) is 6.33. The van der Waals surface area contributed by atoms with Crippen molar-refractivity contribution in [3.63, 3.8) is 0 Å². The van der Waals surface area contributed by atoms with Crippen molar-refractivity contribution >= 4 is 16.6 Å². The number of para-hydroxylation sites is 1. The quantitative estimate of drug-likeness (QED) is 0.436. The molecule has 0 saturated heterocycles. The van der Waals surface area contributed by atoms with Crippen molar-refractivity contribution in [1.29, 1.82) is 0 Å². The van der Waals surface area contributed by atoms with Gasteiger partial charge in [0.05, 0.1) is 11.5 Å². The van der Waals surface area contributed by atoms with Crippen LogP contribution in [-0.2, 0) is 11.3 Å². The highest BCUT2D eigenvalue weighted by Gasteiger charge is 2.14. The Morgan fingerprint density at radius 2 is 2.16 bits per heavy atom. The number of nitrogens with zero attached hydrogens (tertiary/aromatic N) is 2. The zero-order chi connectivity index (χ0) is 13.7. The standard InChI is InChI=1S/C14H18N2O3/c1-2-3-10-19-11-9-15-8-7-12-5-4-6-13(14(12)15)16(17)18/h4-8H,2-3,9-11H2,1H3. The summed E-state index contributed by atoms with van der Waals surface area (Å²) in [4.78, 5) is 10.7. The van der Waals surface area contributed by atoms with Crippen molar-refractivity contribution < 1.29 is 9.66 Å². The van der Waals surface area contributed by atoms with Crippen LogP contribution in [0.2, 0.25) is 0 Å². The van der Waals surface area contributed by atoms with Gasteiger partial charge in [0, 0.05) is 30.8 Å². The fraction of sp³-hybridized carbons (Fsp3) is 0.429. The van der Waals surface area contributed by atoms with Crippen LogP contribution >= 0.6 is 0 Å². The molecule has 102 valence electrons. The Kier molecular flexibility index (Phi) is 4.52. The molecule has 0 aliphatic heterocycles. The number of ether oxygens (including phenoxy) is 1. The van der Waals surface area contributed by atoms with Crippen molar-refractivity contribution in [3.8, 4) is 0 Å². The minimum absolute atomic E-state index is 0.149. The first-order valence-corrected chi connectivity index (χ1v) is 6.54. The SMILES string of the molecule is CCCCOCCn1ccc2cccc([N+](=O)[O-])c21. The van der Waals surface area contributed by atoms with Gasteiger partial charge >= 0.3 is 0 Å². The van der Waals surface area contributed by atoms with Crippen LogP contribution in [0.5, 0.6) is 0 Å². The number of benzene rings is 1. The van der Waals surface area contributed by atoms with Gasteiger partial charge in [0.2, 0.25) is 0 Å². The second-order valence-corrected chi connectivity index (χ2v) is 4.45. The van der Waals surface area contributed by atoms with Gasteiger partial charge in [0.25, 0.3) is 5.69 Å². The van der Waals surface area contributed by atoms with Gasteiger partial charge in [0.15, 0.2) is 0 Å². The van der Waals surface area contributed by atoms with Crippen LogP contribution in [-0.4, -0.2) is 22.7 Å². The number of fused-ring (bicyclic) bond motifs is 1. The van der Waals surface area contributed by atoms with Crippen LogP contribution in [0.25, 0.3) is 10.9 Å². The van der Waals surface area contributed by atoms with E-state index in [0.717, 1.165) is 24.8 Å². The van der Waals surface area contributed by atoms with Gasteiger partial charge in [-0.25, -0.2) is 0 Å². The van der Waals surface area contributed by atoms with Crippen LogP contribution in [0.4, 0.5) is 5.69 Å². The summed E-state index contributed by atoms with van der Waals surface area (Å²) in [7, 11) is 0. The molecule has 0 amide bonds. The van der Waals surface area contributed by atoms with Crippen molar-refractivity contribution in [2.24, 2.45) is 0 Å². The van der Waals surface area contributed by atoms with E-state index in [2.05, 4.69) is 6.92 Å². The van der Waals surface area contributed by atoms with Gasteiger partial charge in [-0.15, -0.1) is 0 Å². The summed E-state index contributed by atoms with van der Waals surface area (Å²) in [5.74, 6) is 0. The highest BCUT2D eigenvalue weighted by atomic mass is 16.6. The van der Waals surface area contributed by atoms with Crippen molar-refractivity contribution in [2.45, 2.75) is 26.3 Å². The third-order valence-electron chi connectivity index (χ3n) is 3.08. The first kappa shape index (κ1) is 13.5. The van der Waals surface area contributed by atoms with Gasteiger partial charge in [-0.1, -0.05) is 25.5 Å². The number of non-ortho nitro benzene ring substituents is 1. The molecule has 19 heavy (non-hydrogen) atoms. The third kappa shape index (κ3) is 3.12. The maximum atomic E-state index is 11.0. The number of rotatable bonds is 7. The van der Waals surface area contributed by atoms with Gasteiger partial charge < -0.3 is 9.30 Å². The molecule has 0 atom stereocenters. The highest BCUT2D eigenvalue weighted by Crippen LogP contribution is 2.26. The van der Waals surface area contributed by atoms with E-state index in [9.17, 15) is 10.1 Å². The maximum absolute atomic E-state index is 11.0. The van der Waals surface area contributed by atoms with Crippen LogP contribution in [0.1, 0.15) is 19.8 Å². The normalized spacial score (nSPS) is 11.0. The molecule has 2 rings (SSSR count). The predicted octanol–water partition coefficient (Wildman–Crippen LogP) is 3.37. The monoisotopic (exact) mass is 262 g/mol. The molecule has 0 bridgehead atoms.